The van der Waals surface area contributed by atoms with Crippen molar-refractivity contribution in [2.45, 2.75) is 13.0 Å². The number of hydrogen-bond acceptors (Lipinski definition) is 6. The molecule has 0 aromatic carbocycles. The summed E-state index contributed by atoms with van der Waals surface area (Å²) in [6, 6.07) is 2.11. The third-order valence-electron chi connectivity index (χ3n) is 3.13. The molecule has 1 aromatic rings. The number of rotatable bonds is 4. The molecule has 1 amide bonds. The van der Waals surface area contributed by atoms with E-state index in [9.17, 15) is 9.59 Å². The average molecular weight is 297 g/mol. The van der Waals surface area contributed by atoms with Crippen molar-refractivity contribution >= 4 is 28.9 Å². The summed E-state index contributed by atoms with van der Waals surface area (Å²) in [5.41, 5.74) is 0.523. The Morgan fingerprint density at radius 3 is 3.10 bits per heavy atom. The maximum Gasteiger partial charge on any atom is 0.350 e. The smallest absolute Gasteiger partial charge is 0.350 e. The highest BCUT2D eigenvalue weighted by Gasteiger charge is 2.20. The summed E-state index contributed by atoms with van der Waals surface area (Å²) in [7, 11) is 1.33. The van der Waals surface area contributed by atoms with Gasteiger partial charge in [-0.1, -0.05) is 0 Å². The number of nitrogens with zero attached hydrogens (tertiary/aromatic N) is 1. The fraction of sp³-hybridized carbons (Fsp3) is 0.538. The van der Waals surface area contributed by atoms with Crippen LogP contribution in [0.1, 0.15) is 16.6 Å². The molecule has 0 spiro atoms. The highest BCUT2D eigenvalue weighted by atomic mass is 32.1. The van der Waals surface area contributed by atoms with E-state index in [2.05, 4.69) is 27.2 Å². The molecule has 1 saturated heterocycles. The second-order valence-electron chi connectivity index (χ2n) is 4.79. The highest BCUT2D eigenvalue weighted by Crippen LogP contribution is 2.23. The average Bonchev–Trinajstić information content (AvgIpc) is 2.85. The first-order valence-electron chi connectivity index (χ1n) is 6.51. The predicted octanol–water partition coefficient (Wildman–Crippen LogP) is 0.767. The number of ether oxygens (including phenoxy) is 1. The first kappa shape index (κ1) is 15.0. The number of piperazine rings is 1. The molecule has 0 aliphatic carbocycles. The van der Waals surface area contributed by atoms with Crippen molar-refractivity contribution in [3.63, 3.8) is 0 Å². The van der Waals surface area contributed by atoms with Crippen LogP contribution in [-0.4, -0.2) is 56.1 Å². The van der Waals surface area contributed by atoms with Gasteiger partial charge in [0.05, 0.1) is 19.3 Å². The van der Waals surface area contributed by atoms with E-state index in [1.807, 2.05) is 0 Å². The molecule has 0 bridgehead atoms. The minimum absolute atomic E-state index is 0.109. The van der Waals surface area contributed by atoms with Gasteiger partial charge in [-0.15, -0.1) is 11.3 Å². The van der Waals surface area contributed by atoms with Crippen molar-refractivity contribution in [2.24, 2.45) is 0 Å². The molecule has 2 N–H and O–H groups in total. The molecule has 0 saturated carbocycles. The Labute approximate surface area is 122 Å². The second kappa shape index (κ2) is 6.83. The predicted molar refractivity (Wildman–Crippen MR) is 78.2 cm³/mol. The van der Waals surface area contributed by atoms with Gasteiger partial charge >= 0.3 is 5.97 Å². The summed E-state index contributed by atoms with van der Waals surface area (Å²) in [5.74, 6) is -0.534. The van der Waals surface area contributed by atoms with Crippen LogP contribution in [0.2, 0.25) is 0 Å². The first-order valence-corrected chi connectivity index (χ1v) is 7.39. The van der Waals surface area contributed by atoms with Gasteiger partial charge in [0.15, 0.2) is 0 Å². The molecule has 1 fully saturated rings. The van der Waals surface area contributed by atoms with E-state index < -0.39 is 5.97 Å². The molecule has 7 heteroatoms. The topological polar surface area (TPSA) is 70.7 Å². The lowest BCUT2D eigenvalue weighted by molar-refractivity contribution is -0.117. The van der Waals surface area contributed by atoms with Crippen LogP contribution < -0.4 is 10.6 Å². The van der Waals surface area contributed by atoms with Crippen LogP contribution in [0.3, 0.4) is 0 Å². The van der Waals surface area contributed by atoms with E-state index in [1.165, 1.54) is 18.4 Å². The molecule has 2 heterocycles. The molecule has 0 unspecified atom stereocenters. The number of nitrogens with one attached hydrogen (secondary N) is 2. The molecule has 6 nitrogen and oxygen atoms in total. The summed E-state index contributed by atoms with van der Waals surface area (Å²) in [5, 5.41) is 7.86. The van der Waals surface area contributed by atoms with E-state index in [0.29, 0.717) is 23.2 Å². The Balaban J connectivity index is 1.91. The number of carbonyl (C=O) groups is 2. The van der Waals surface area contributed by atoms with Gasteiger partial charge in [-0.25, -0.2) is 4.79 Å². The largest absolute Gasteiger partial charge is 0.465 e. The van der Waals surface area contributed by atoms with Gasteiger partial charge in [-0.3, -0.25) is 9.69 Å². The summed E-state index contributed by atoms with van der Waals surface area (Å²) < 4.78 is 4.68. The molecule has 1 aliphatic rings. The molecule has 1 atom stereocenters. The van der Waals surface area contributed by atoms with Crippen LogP contribution in [0.5, 0.6) is 0 Å². The third-order valence-corrected chi connectivity index (χ3v) is 4.02. The van der Waals surface area contributed by atoms with Crippen LogP contribution in [-0.2, 0) is 9.53 Å². The van der Waals surface area contributed by atoms with Crippen LogP contribution in [0, 0.1) is 0 Å². The quantitative estimate of drug-likeness (QED) is 0.803. The maximum absolute atomic E-state index is 12.0. The zero-order valence-corrected chi connectivity index (χ0v) is 12.5. The Kier molecular flexibility index (Phi) is 5.11. The Bertz CT molecular complexity index is 489. The van der Waals surface area contributed by atoms with E-state index >= 15 is 0 Å². The summed E-state index contributed by atoms with van der Waals surface area (Å²) in [6.07, 6.45) is 0. The minimum atomic E-state index is -0.425. The molecular weight excluding hydrogens is 278 g/mol. The van der Waals surface area contributed by atoms with Crippen molar-refractivity contribution in [3.05, 3.63) is 16.3 Å². The molecule has 110 valence electrons. The number of thiophene rings is 1. The Morgan fingerprint density at radius 2 is 2.40 bits per heavy atom. The number of carbonyl (C=O) groups excluding carboxylic acids is 2. The van der Waals surface area contributed by atoms with Crippen LogP contribution >= 0.6 is 11.3 Å². The summed E-state index contributed by atoms with van der Waals surface area (Å²) in [4.78, 5) is 26.1. The number of hydrogen-bond donors (Lipinski definition) is 2. The lowest BCUT2D eigenvalue weighted by Crippen LogP contribution is -2.51. The second-order valence-corrected chi connectivity index (χ2v) is 5.71. The standard InChI is InChI=1S/C13H19N3O3S/c1-9-7-16(5-4-14-9)8-11(17)15-10-3-6-20-12(10)13(18)19-2/h3,6,9,14H,4-5,7-8H2,1-2H3,(H,15,17)/t9-/m1/s1. The van der Waals surface area contributed by atoms with Crippen LogP contribution in [0.25, 0.3) is 0 Å². The molecule has 2 rings (SSSR count). The van der Waals surface area contributed by atoms with Gasteiger partial charge in [0.1, 0.15) is 4.88 Å². The van der Waals surface area contributed by atoms with Gasteiger partial charge in [0.2, 0.25) is 5.91 Å². The van der Waals surface area contributed by atoms with E-state index in [0.717, 1.165) is 19.6 Å². The van der Waals surface area contributed by atoms with Crippen LogP contribution in [0.4, 0.5) is 5.69 Å². The fourth-order valence-electron chi connectivity index (χ4n) is 2.21. The number of esters is 1. The number of anilines is 1. The molecular formula is C13H19N3O3S. The van der Waals surface area contributed by atoms with Crippen molar-refractivity contribution in [1.29, 1.82) is 0 Å². The molecule has 1 aromatic heterocycles. The number of methoxy groups -OCH3 is 1. The fourth-order valence-corrected chi connectivity index (χ4v) is 2.97. The van der Waals surface area contributed by atoms with Gasteiger partial charge in [0, 0.05) is 25.7 Å². The van der Waals surface area contributed by atoms with E-state index in [4.69, 9.17) is 0 Å². The van der Waals surface area contributed by atoms with Crippen molar-refractivity contribution in [1.82, 2.24) is 10.2 Å². The molecule has 1 aliphatic heterocycles. The third kappa shape index (κ3) is 3.78. The highest BCUT2D eigenvalue weighted by molar-refractivity contribution is 7.12. The van der Waals surface area contributed by atoms with E-state index in [1.54, 1.807) is 11.4 Å². The normalized spacial score (nSPS) is 19.6. The SMILES string of the molecule is COC(=O)c1sccc1NC(=O)CN1CCN[C@H](C)C1. The zero-order chi connectivity index (χ0) is 14.5. The molecule has 20 heavy (non-hydrogen) atoms. The monoisotopic (exact) mass is 297 g/mol. The first-order chi connectivity index (χ1) is 9.60. The van der Waals surface area contributed by atoms with Crippen LogP contribution in [0.15, 0.2) is 11.4 Å². The van der Waals surface area contributed by atoms with Crippen molar-refractivity contribution in [3.8, 4) is 0 Å². The maximum atomic E-state index is 12.0. The molecule has 0 radical (unpaired) electrons. The van der Waals surface area contributed by atoms with Gasteiger partial charge in [-0.2, -0.15) is 0 Å². The lowest BCUT2D eigenvalue weighted by Gasteiger charge is -2.31. The minimum Gasteiger partial charge on any atom is -0.465 e. The summed E-state index contributed by atoms with van der Waals surface area (Å²) >= 11 is 1.26. The lowest BCUT2D eigenvalue weighted by atomic mass is 10.2. The Hall–Kier alpha value is -1.44. The van der Waals surface area contributed by atoms with Gasteiger partial charge in [0.25, 0.3) is 0 Å². The van der Waals surface area contributed by atoms with Crippen molar-refractivity contribution < 1.29 is 14.3 Å². The van der Waals surface area contributed by atoms with Crippen molar-refractivity contribution in [2.75, 3.05) is 38.6 Å². The zero-order valence-electron chi connectivity index (χ0n) is 11.6. The van der Waals surface area contributed by atoms with E-state index in [-0.39, 0.29) is 5.91 Å². The number of amides is 1. The van der Waals surface area contributed by atoms with Gasteiger partial charge in [-0.05, 0) is 18.4 Å². The van der Waals surface area contributed by atoms with Gasteiger partial charge < -0.3 is 15.4 Å². The Morgan fingerprint density at radius 1 is 1.60 bits per heavy atom. The summed E-state index contributed by atoms with van der Waals surface area (Å²) in [6.45, 7) is 5.02.